The SMILES string of the molecule is CN1CCCC(N(C)S(=O)(=O)c2ccccc2NN)C1. The van der Waals surface area contributed by atoms with E-state index < -0.39 is 10.0 Å². The molecule has 1 heterocycles. The molecule has 1 atom stereocenters. The van der Waals surface area contributed by atoms with Crippen molar-refractivity contribution in [2.45, 2.75) is 23.8 Å². The number of benzene rings is 1. The lowest BCUT2D eigenvalue weighted by Gasteiger charge is -2.35. The zero-order valence-corrected chi connectivity index (χ0v) is 12.7. The quantitative estimate of drug-likeness (QED) is 0.631. The van der Waals surface area contributed by atoms with E-state index in [1.54, 1.807) is 31.3 Å². The van der Waals surface area contributed by atoms with Crippen LogP contribution in [0.3, 0.4) is 0 Å². The lowest BCUT2D eigenvalue weighted by atomic mass is 10.1. The van der Waals surface area contributed by atoms with E-state index in [0.717, 1.165) is 25.9 Å². The van der Waals surface area contributed by atoms with Gasteiger partial charge in [0, 0.05) is 19.6 Å². The lowest BCUT2D eigenvalue weighted by Crippen LogP contribution is -2.47. The number of likely N-dealkylation sites (tertiary alicyclic amines) is 1. The number of hydrogen-bond acceptors (Lipinski definition) is 5. The van der Waals surface area contributed by atoms with Gasteiger partial charge < -0.3 is 10.3 Å². The van der Waals surface area contributed by atoms with Crippen LogP contribution in [-0.2, 0) is 10.0 Å². The van der Waals surface area contributed by atoms with Gasteiger partial charge in [0.15, 0.2) is 0 Å². The molecule has 0 aromatic heterocycles. The molecule has 2 rings (SSSR count). The molecule has 1 unspecified atom stereocenters. The largest absolute Gasteiger partial charge is 0.323 e. The van der Waals surface area contributed by atoms with Crippen molar-refractivity contribution in [2.75, 3.05) is 32.6 Å². The van der Waals surface area contributed by atoms with E-state index in [-0.39, 0.29) is 10.9 Å². The van der Waals surface area contributed by atoms with Gasteiger partial charge in [-0.25, -0.2) is 8.42 Å². The molecule has 112 valence electrons. The van der Waals surface area contributed by atoms with Crippen LogP contribution in [0.15, 0.2) is 29.2 Å². The first-order valence-electron chi connectivity index (χ1n) is 6.69. The minimum atomic E-state index is -3.54. The van der Waals surface area contributed by atoms with E-state index in [1.165, 1.54) is 4.31 Å². The molecule has 0 saturated carbocycles. The molecule has 1 fully saturated rings. The molecule has 1 aromatic rings. The second-order valence-electron chi connectivity index (χ2n) is 5.22. The molecule has 6 nitrogen and oxygen atoms in total. The lowest BCUT2D eigenvalue weighted by molar-refractivity contribution is 0.187. The Bertz CT molecular complexity index is 561. The second-order valence-corrected chi connectivity index (χ2v) is 7.19. The molecule has 0 bridgehead atoms. The molecule has 1 saturated heterocycles. The van der Waals surface area contributed by atoms with E-state index in [4.69, 9.17) is 5.84 Å². The molecule has 0 amide bonds. The topological polar surface area (TPSA) is 78.7 Å². The molecule has 0 aliphatic carbocycles. The van der Waals surface area contributed by atoms with Crippen LogP contribution in [0.5, 0.6) is 0 Å². The number of para-hydroxylation sites is 1. The average Bonchev–Trinajstić information content (AvgIpc) is 2.46. The maximum absolute atomic E-state index is 12.7. The number of piperidine rings is 1. The molecule has 7 heteroatoms. The van der Waals surface area contributed by atoms with Gasteiger partial charge in [0.05, 0.1) is 5.69 Å². The maximum Gasteiger partial charge on any atom is 0.245 e. The van der Waals surface area contributed by atoms with Gasteiger partial charge in [-0.05, 0) is 38.6 Å². The van der Waals surface area contributed by atoms with E-state index in [1.807, 2.05) is 7.05 Å². The summed E-state index contributed by atoms with van der Waals surface area (Å²) < 4.78 is 26.9. The van der Waals surface area contributed by atoms with Gasteiger partial charge in [-0.2, -0.15) is 4.31 Å². The Labute approximate surface area is 120 Å². The average molecular weight is 298 g/mol. The summed E-state index contributed by atoms with van der Waals surface area (Å²) in [6, 6.07) is 6.70. The minimum absolute atomic E-state index is 0.00424. The molecule has 1 aliphatic rings. The number of nitrogens with zero attached hydrogens (tertiary/aromatic N) is 2. The van der Waals surface area contributed by atoms with Crippen molar-refractivity contribution in [3.63, 3.8) is 0 Å². The van der Waals surface area contributed by atoms with E-state index in [2.05, 4.69) is 10.3 Å². The van der Waals surface area contributed by atoms with Crippen molar-refractivity contribution in [1.82, 2.24) is 9.21 Å². The van der Waals surface area contributed by atoms with Crippen molar-refractivity contribution >= 4 is 15.7 Å². The van der Waals surface area contributed by atoms with Crippen LogP contribution in [-0.4, -0.2) is 50.8 Å². The summed E-state index contributed by atoms with van der Waals surface area (Å²) in [6.45, 7) is 1.78. The fraction of sp³-hybridized carbons (Fsp3) is 0.538. The van der Waals surface area contributed by atoms with Crippen LogP contribution in [0, 0.1) is 0 Å². The molecule has 1 aromatic carbocycles. The zero-order valence-electron chi connectivity index (χ0n) is 11.9. The van der Waals surface area contributed by atoms with Crippen LogP contribution in [0.2, 0.25) is 0 Å². The second kappa shape index (κ2) is 6.09. The summed E-state index contributed by atoms with van der Waals surface area (Å²) in [4.78, 5) is 2.38. The Morgan fingerprint density at radius 2 is 2.10 bits per heavy atom. The Kier molecular flexibility index (Phi) is 4.64. The predicted octanol–water partition coefficient (Wildman–Crippen LogP) is 0.687. The van der Waals surface area contributed by atoms with Crippen LogP contribution in [0.4, 0.5) is 5.69 Å². The van der Waals surface area contributed by atoms with Gasteiger partial charge in [0.25, 0.3) is 0 Å². The van der Waals surface area contributed by atoms with Crippen molar-refractivity contribution in [2.24, 2.45) is 5.84 Å². The standard InChI is InChI=1S/C13H22N4O2S/c1-16-9-5-6-11(10-16)17(2)20(18,19)13-8-4-3-7-12(13)15-14/h3-4,7-8,11,15H,5-6,9-10,14H2,1-2H3. The normalized spacial score (nSPS) is 21.1. The Hall–Kier alpha value is -1.15. The summed E-state index contributed by atoms with van der Waals surface area (Å²) in [5.74, 6) is 5.41. The fourth-order valence-corrected chi connectivity index (χ4v) is 4.13. The van der Waals surface area contributed by atoms with Crippen molar-refractivity contribution in [3.8, 4) is 0 Å². The number of nitrogen functional groups attached to an aromatic ring is 1. The van der Waals surface area contributed by atoms with Crippen LogP contribution < -0.4 is 11.3 Å². The Balaban J connectivity index is 2.29. The van der Waals surface area contributed by atoms with E-state index in [9.17, 15) is 8.42 Å². The Morgan fingerprint density at radius 3 is 2.75 bits per heavy atom. The summed E-state index contributed by atoms with van der Waals surface area (Å²) >= 11 is 0. The van der Waals surface area contributed by atoms with E-state index in [0.29, 0.717) is 5.69 Å². The number of rotatable bonds is 4. The first-order chi connectivity index (χ1) is 9.46. The number of hydrogen-bond donors (Lipinski definition) is 2. The summed E-state index contributed by atoms with van der Waals surface area (Å²) in [7, 11) is 0.121. The zero-order chi connectivity index (χ0) is 14.8. The number of sulfonamides is 1. The van der Waals surface area contributed by atoms with Gasteiger partial charge in [-0.3, -0.25) is 5.84 Å². The minimum Gasteiger partial charge on any atom is -0.323 e. The highest BCUT2D eigenvalue weighted by atomic mass is 32.2. The molecular weight excluding hydrogens is 276 g/mol. The molecule has 0 spiro atoms. The third-order valence-electron chi connectivity index (χ3n) is 3.81. The number of nitrogens with two attached hydrogens (primary N) is 1. The highest BCUT2D eigenvalue weighted by molar-refractivity contribution is 7.89. The highest BCUT2D eigenvalue weighted by Gasteiger charge is 2.31. The smallest absolute Gasteiger partial charge is 0.245 e. The number of likely N-dealkylation sites (N-methyl/N-ethyl adjacent to an activating group) is 2. The maximum atomic E-state index is 12.7. The summed E-state index contributed by atoms with van der Waals surface area (Å²) in [5, 5.41) is 0. The van der Waals surface area contributed by atoms with Crippen molar-refractivity contribution in [3.05, 3.63) is 24.3 Å². The number of hydrazine groups is 1. The van der Waals surface area contributed by atoms with Crippen molar-refractivity contribution in [1.29, 1.82) is 0 Å². The van der Waals surface area contributed by atoms with E-state index >= 15 is 0 Å². The number of nitrogens with one attached hydrogen (secondary N) is 1. The Morgan fingerprint density at radius 1 is 1.40 bits per heavy atom. The first kappa shape index (κ1) is 15.2. The van der Waals surface area contributed by atoms with Gasteiger partial charge >= 0.3 is 0 Å². The third kappa shape index (κ3) is 2.95. The molecule has 1 aliphatic heterocycles. The van der Waals surface area contributed by atoms with Crippen LogP contribution >= 0.6 is 0 Å². The third-order valence-corrected chi connectivity index (χ3v) is 5.78. The van der Waals surface area contributed by atoms with Crippen LogP contribution in [0.1, 0.15) is 12.8 Å². The summed E-state index contributed by atoms with van der Waals surface area (Å²) in [5.41, 5.74) is 2.87. The first-order valence-corrected chi connectivity index (χ1v) is 8.13. The molecule has 3 N–H and O–H groups in total. The summed E-state index contributed by atoms with van der Waals surface area (Å²) in [6.07, 6.45) is 1.90. The molecular formula is C13H22N4O2S. The molecule has 20 heavy (non-hydrogen) atoms. The fourth-order valence-electron chi connectivity index (χ4n) is 2.60. The molecule has 0 radical (unpaired) electrons. The monoisotopic (exact) mass is 298 g/mol. The van der Waals surface area contributed by atoms with Gasteiger partial charge in [0.2, 0.25) is 10.0 Å². The van der Waals surface area contributed by atoms with Gasteiger partial charge in [-0.15, -0.1) is 0 Å². The van der Waals surface area contributed by atoms with Crippen LogP contribution in [0.25, 0.3) is 0 Å². The predicted molar refractivity (Wildman–Crippen MR) is 79.7 cm³/mol. The van der Waals surface area contributed by atoms with Crippen molar-refractivity contribution < 1.29 is 8.42 Å². The van der Waals surface area contributed by atoms with Gasteiger partial charge in [-0.1, -0.05) is 12.1 Å². The van der Waals surface area contributed by atoms with Gasteiger partial charge in [0.1, 0.15) is 4.90 Å². The number of anilines is 1. The highest BCUT2D eigenvalue weighted by Crippen LogP contribution is 2.26.